The van der Waals surface area contributed by atoms with Crippen molar-refractivity contribution in [3.8, 4) is 44.8 Å². The zero-order valence-electron chi connectivity index (χ0n) is 66.2. The van der Waals surface area contributed by atoms with Crippen LogP contribution in [-0.4, -0.2) is 15.8 Å². The smallest absolute Gasteiger partial charge is 0.252 e. The maximum absolute atomic E-state index is 2.70. The molecule has 0 saturated carbocycles. The summed E-state index contributed by atoms with van der Waals surface area (Å²) in [5, 5.41) is 5.03. The summed E-state index contributed by atoms with van der Waals surface area (Å²) >= 11 is 0. The van der Waals surface area contributed by atoms with Gasteiger partial charge in [-0.25, -0.2) is 0 Å². The fraction of sp³-hybridized carbons (Fsp3) is 0.200. The lowest BCUT2D eigenvalue weighted by Gasteiger charge is -2.46. The molecule has 19 rings (SSSR count). The Morgan fingerprint density at radius 3 is 1.13 bits per heavy atom. The van der Waals surface area contributed by atoms with Crippen LogP contribution in [0.3, 0.4) is 0 Å². The Bertz CT molecular complexity index is 6300. The van der Waals surface area contributed by atoms with Crippen molar-refractivity contribution in [1.29, 1.82) is 0 Å². The van der Waals surface area contributed by atoms with E-state index in [0.29, 0.717) is 0 Å². The fourth-order valence-corrected chi connectivity index (χ4v) is 18.8. The minimum absolute atomic E-state index is 0.0474. The van der Waals surface area contributed by atoms with Gasteiger partial charge in [-0.1, -0.05) is 310 Å². The van der Waals surface area contributed by atoms with E-state index in [9.17, 15) is 0 Å². The van der Waals surface area contributed by atoms with Crippen LogP contribution in [0.25, 0.3) is 88.4 Å². The van der Waals surface area contributed by atoms with Crippen LogP contribution < -0.4 is 26.2 Å². The Balaban J connectivity index is 0.940. The maximum atomic E-state index is 2.70. The third kappa shape index (κ3) is 10.6. The van der Waals surface area contributed by atoms with Crippen LogP contribution in [0, 0.1) is 0 Å². The fourth-order valence-electron chi connectivity index (χ4n) is 18.8. The molecule has 538 valence electrons. The summed E-state index contributed by atoms with van der Waals surface area (Å²) in [5.74, 6) is 0. The predicted molar refractivity (Wildman–Crippen MR) is 471 cm³/mol. The zero-order valence-corrected chi connectivity index (χ0v) is 66.2. The second-order valence-corrected chi connectivity index (χ2v) is 36.5. The summed E-state index contributed by atoms with van der Waals surface area (Å²) in [6, 6.07) is 118. The average molecular weight is 1420 g/mol. The molecule has 2 aromatic heterocycles. The molecule has 0 bridgehead atoms. The first-order valence-electron chi connectivity index (χ1n) is 39.6. The number of aromatic nitrogens is 2. The summed E-state index contributed by atoms with van der Waals surface area (Å²) in [5.41, 5.74) is 35.2. The van der Waals surface area contributed by atoms with Crippen molar-refractivity contribution in [2.75, 3.05) is 9.80 Å². The third-order valence-corrected chi connectivity index (χ3v) is 24.5. The number of nitrogens with zero attached hydrogens (tertiary/aromatic N) is 4. The topological polar surface area (TPSA) is 16.3 Å². The Hall–Kier alpha value is -11.7. The highest BCUT2D eigenvalue weighted by molar-refractivity contribution is 7.00. The van der Waals surface area contributed by atoms with Crippen LogP contribution in [0.15, 0.2) is 303 Å². The number of fused-ring (bicyclic) bond motifs is 14. The third-order valence-electron chi connectivity index (χ3n) is 24.5. The molecule has 0 amide bonds. The molecule has 0 unspecified atom stereocenters. The van der Waals surface area contributed by atoms with Crippen LogP contribution in [0.1, 0.15) is 154 Å². The van der Waals surface area contributed by atoms with Gasteiger partial charge in [0.15, 0.2) is 0 Å². The molecule has 3 aliphatic rings. The van der Waals surface area contributed by atoms with E-state index in [2.05, 4.69) is 426 Å². The van der Waals surface area contributed by atoms with Gasteiger partial charge in [0.1, 0.15) is 0 Å². The van der Waals surface area contributed by atoms with E-state index >= 15 is 0 Å². The number of hydrogen-bond donors (Lipinski definition) is 0. The first kappa shape index (κ1) is 68.8. The van der Waals surface area contributed by atoms with Gasteiger partial charge in [0, 0.05) is 66.8 Å². The molecule has 110 heavy (non-hydrogen) atoms. The van der Waals surface area contributed by atoms with Crippen molar-refractivity contribution in [2.45, 2.75) is 136 Å². The highest BCUT2D eigenvalue weighted by atomic mass is 15.2. The molecule has 0 radical (unpaired) electrons. The van der Waals surface area contributed by atoms with Crippen molar-refractivity contribution < 1.29 is 0 Å². The molecule has 1 aliphatic carbocycles. The Morgan fingerprint density at radius 1 is 0.264 bits per heavy atom. The van der Waals surface area contributed by atoms with E-state index in [-0.39, 0.29) is 33.8 Å². The monoisotopic (exact) mass is 1420 g/mol. The van der Waals surface area contributed by atoms with Crippen molar-refractivity contribution >= 4 is 101 Å². The first-order valence-corrected chi connectivity index (χ1v) is 39.6. The van der Waals surface area contributed by atoms with E-state index < -0.39 is 5.41 Å². The Labute approximate surface area is 650 Å². The minimum Gasteiger partial charge on any atom is -0.311 e. The van der Waals surface area contributed by atoms with E-state index in [1.54, 1.807) is 0 Å². The lowest BCUT2D eigenvalue weighted by Crippen LogP contribution is -2.61. The van der Waals surface area contributed by atoms with Crippen LogP contribution in [0.4, 0.5) is 34.1 Å². The summed E-state index contributed by atoms with van der Waals surface area (Å²) in [6.45, 7) is 35.1. The van der Waals surface area contributed by atoms with E-state index in [1.165, 1.54) is 149 Å². The second-order valence-electron chi connectivity index (χ2n) is 36.5. The highest BCUT2D eigenvalue weighted by Crippen LogP contribution is 2.60. The molecule has 4 heterocycles. The van der Waals surface area contributed by atoms with Gasteiger partial charge in [0.25, 0.3) is 6.71 Å². The van der Waals surface area contributed by atoms with Crippen LogP contribution in [0.5, 0.6) is 0 Å². The molecular formula is C105H95BN4. The van der Waals surface area contributed by atoms with Gasteiger partial charge in [-0.05, 0) is 213 Å². The molecule has 4 nitrogen and oxygen atoms in total. The standard InChI is InChI=1S/C105H95BN4/c1-100(2,3)70-44-53-88(80(58-70)66-32-20-16-21-33-66)109-93-64-75(107-90-55-46-72(102(7,8)9)60-82(90)83-61-73(103(10,11)12)47-56-91(83)107)48-51-85(93)106-86-52-49-76(65-94(86)110(96-63-74(104(13,14)15)62-95(109)99(96)106)89-54-45-71(101(4,5)6)59-81(89)67-34-22-17-23-35-67)108-87-43-31-29-41-79(87)97-92(108)57-50-78-77-40-28-30-42-84(77)105(98(78)97,68-36-24-18-25-37-68)69-38-26-19-27-39-69/h16-65H,1-15H3. The molecule has 0 atom stereocenters. The highest BCUT2D eigenvalue weighted by Gasteiger charge is 2.49. The van der Waals surface area contributed by atoms with Crippen molar-refractivity contribution in [3.05, 3.63) is 353 Å². The molecule has 0 N–H and O–H groups in total. The summed E-state index contributed by atoms with van der Waals surface area (Å²) < 4.78 is 5.16. The molecule has 0 spiro atoms. The van der Waals surface area contributed by atoms with Gasteiger partial charge in [-0.15, -0.1) is 0 Å². The molecule has 0 saturated heterocycles. The van der Waals surface area contributed by atoms with Crippen molar-refractivity contribution in [1.82, 2.24) is 9.13 Å². The van der Waals surface area contributed by atoms with Crippen molar-refractivity contribution in [3.63, 3.8) is 0 Å². The normalized spacial score (nSPS) is 14.0. The van der Waals surface area contributed by atoms with E-state index in [1.807, 2.05) is 0 Å². The predicted octanol–water partition coefficient (Wildman–Crippen LogP) is 26.1. The van der Waals surface area contributed by atoms with Crippen LogP contribution in [0.2, 0.25) is 0 Å². The summed E-state index contributed by atoms with van der Waals surface area (Å²) in [6.07, 6.45) is 0. The quantitative estimate of drug-likeness (QED) is 0.141. The molecule has 5 heteroatoms. The summed E-state index contributed by atoms with van der Waals surface area (Å²) in [4.78, 5) is 5.39. The van der Waals surface area contributed by atoms with Crippen molar-refractivity contribution in [2.24, 2.45) is 0 Å². The molecule has 16 aromatic rings. The lowest BCUT2D eigenvalue weighted by molar-refractivity contribution is 0.590. The number of hydrogen-bond acceptors (Lipinski definition) is 2. The van der Waals surface area contributed by atoms with Gasteiger partial charge in [-0.2, -0.15) is 0 Å². The van der Waals surface area contributed by atoms with Crippen LogP contribution >= 0.6 is 0 Å². The first-order chi connectivity index (χ1) is 52.7. The minimum atomic E-state index is -0.624. The van der Waals surface area contributed by atoms with Gasteiger partial charge < -0.3 is 18.9 Å². The van der Waals surface area contributed by atoms with Gasteiger partial charge in [0.05, 0.1) is 38.9 Å². The largest absolute Gasteiger partial charge is 0.311 e. The number of para-hydroxylation sites is 1. The van der Waals surface area contributed by atoms with Crippen LogP contribution in [-0.2, 0) is 32.5 Å². The number of rotatable bonds is 8. The van der Waals surface area contributed by atoms with Gasteiger partial charge >= 0.3 is 0 Å². The lowest BCUT2D eigenvalue weighted by atomic mass is 9.33. The number of benzene rings is 14. The van der Waals surface area contributed by atoms with Gasteiger partial charge in [0.2, 0.25) is 0 Å². The molecule has 14 aromatic carbocycles. The Kier molecular flexibility index (Phi) is 15.4. The zero-order chi connectivity index (χ0) is 75.9. The van der Waals surface area contributed by atoms with Gasteiger partial charge in [-0.3, -0.25) is 0 Å². The molecular weight excluding hydrogens is 1330 g/mol. The SMILES string of the molecule is CC(C)(C)c1ccc(N2c3cc(-n4c5ccc(C(C)(C)C)cc5c5cc(C(C)(C)C)ccc54)ccc3B3c4ccc(-n5c6ccccc6c6c7c(ccc65)-c5ccccc5C7(c5ccccc5)c5ccccc5)cc4N(c4ccc(C(C)(C)C)cc4-c4ccccc4)c4cc(C(C)(C)C)cc2c43)c(-c2ccccc2)c1. The summed E-state index contributed by atoms with van der Waals surface area (Å²) in [7, 11) is 0. The Morgan fingerprint density at radius 2 is 0.655 bits per heavy atom. The maximum Gasteiger partial charge on any atom is 0.252 e. The second kappa shape index (κ2) is 24.7. The van der Waals surface area contributed by atoms with E-state index in [4.69, 9.17) is 0 Å². The van der Waals surface area contributed by atoms with E-state index in [0.717, 1.165) is 39.6 Å². The number of anilines is 6. The molecule has 2 aliphatic heterocycles. The molecule has 0 fully saturated rings. The average Bonchev–Trinajstić information content (AvgIpc) is 1.31.